The molecule has 1 saturated carbocycles. The fourth-order valence-electron chi connectivity index (χ4n) is 2.63. The molecule has 0 saturated heterocycles. The molecule has 0 spiro atoms. The van der Waals surface area contributed by atoms with Gasteiger partial charge in [-0.05, 0) is 38.1 Å². The molecule has 0 aliphatic heterocycles. The first kappa shape index (κ1) is 13.7. The molecular weight excluding hydrogens is 198 g/mol. The minimum Gasteiger partial charge on any atom is -0.303 e. The first-order valence-corrected chi connectivity index (χ1v) is 6.42. The van der Waals surface area contributed by atoms with Gasteiger partial charge in [0.25, 0.3) is 0 Å². The van der Waals surface area contributed by atoms with Crippen molar-refractivity contribution in [2.45, 2.75) is 59.4 Å². The lowest BCUT2D eigenvalue weighted by Gasteiger charge is -2.40. The lowest BCUT2D eigenvalue weighted by Crippen LogP contribution is -2.42. The smallest absolute Gasteiger partial charge is 0.126 e. The Morgan fingerprint density at radius 3 is 2.25 bits per heavy atom. The summed E-state index contributed by atoms with van der Waals surface area (Å²) in [5, 5.41) is 0. The summed E-state index contributed by atoms with van der Waals surface area (Å²) in [6.45, 7) is 9.63. The molecule has 0 radical (unpaired) electrons. The van der Waals surface area contributed by atoms with Crippen LogP contribution in [0.3, 0.4) is 0 Å². The number of nitrogens with zero attached hydrogens (tertiary/aromatic N) is 1. The van der Waals surface area contributed by atoms with Crippen molar-refractivity contribution < 1.29 is 4.79 Å². The first-order chi connectivity index (χ1) is 7.26. The van der Waals surface area contributed by atoms with Crippen molar-refractivity contribution >= 4 is 6.29 Å². The molecule has 0 heterocycles. The van der Waals surface area contributed by atoms with Crippen LogP contribution in [0, 0.1) is 10.8 Å². The minimum atomic E-state index is -0.207. The summed E-state index contributed by atoms with van der Waals surface area (Å²) in [6, 6.07) is 0.673. The number of hydrogen-bond donors (Lipinski definition) is 0. The summed E-state index contributed by atoms with van der Waals surface area (Å²) >= 11 is 0. The minimum absolute atomic E-state index is 0.207. The van der Waals surface area contributed by atoms with Crippen molar-refractivity contribution in [3.63, 3.8) is 0 Å². The number of carbonyl (C=O) groups is 1. The molecule has 2 heteroatoms. The van der Waals surface area contributed by atoms with Crippen molar-refractivity contribution in [1.29, 1.82) is 0 Å². The molecule has 0 aromatic heterocycles. The van der Waals surface area contributed by atoms with Crippen LogP contribution in [-0.4, -0.2) is 30.8 Å². The Labute approximate surface area is 100 Å². The average Bonchev–Trinajstić information content (AvgIpc) is 2.16. The van der Waals surface area contributed by atoms with Crippen LogP contribution in [-0.2, 0) is 4.79 Å². The highest BCUT2D eigenvalue weighted by Crippen LogP contribution is 2.37. The molecule has 1 fully saturated rings. The van der Waals surface area contributed by atoms with Crippen molar-refractivity contribution in [2.75, 3.05) is 13.6 Å². The third-order valence-corrected chi connectivity index (χ3v) is 3.91. The Kier molecular flexibility index (Phi) is 4.17. The fourth-order valence-corrected chi connectivity index (χ4v) is 2.63. The van der Waals surface area contributed by atoms with Crippen LogP contribution in [0.4, 0.5) is 0 Å². The summed E-state index contributed by atoms with van der Waals surface area (Å²) in [6.07, 6.45) is 6.25. The Morgan fingerprint density at radius 1 is 1.31 bits per heavy atom. The van der Waals surface area contributed by atoms with E-state index < -0.39 is 0 Å². The van der Waals surface area contributed by atoms with E-state index in [-0.39, 0.29) is 5.41 Å². The molecule has 0 aromatic rings. The van der Waals surface area contributed by atoms with Crippen molar-refractivity contribution in [2.24, 2.45) is 10.8 Å². The molecule has 0 bridgehead atoms. The van der Waals surface area contributed by atoms with Crippen molar-refractivity contribution in [3.05, 3.63) is 0 Å². The van der Waals surface area contributed by atoms with Gasteiger partial charge in [0.05, 0.1) is 0 Å². The van der Waals surface area contributed by atoms with Crippen molar-refractivity contribution in [1.82, 2.24) is 4.90 Å². The van der Waals surface area contributed by atoms with E-state index in [1.54, 1.807) is 0 Å². The zero-order valence-corrected chi connectivity index (χ0v) is 11.5. The second-order valence-corrected chi connectivity index (χ2v) is 6.92. The van der Waals surface area contributed by atoms with Crippen LogP contribution in [0.2, 0.25) is 0 Å². The zero-order valence-electron chi connectivity index (χ0n) is 11.5. The summed E-state index contributed by atoms with van der Waals surface area (Å²) in [4.78, 5) is 13.3. The van der Waals surface area contributed by atoms with Crippen LogP contribution in [0.15, 0.2) is 0 Å². The highest BCUT2D eigenvalue weighted by molar-refractivity contribution is 5.58. The predicted molar refractivity (Wildman–Crippen MR) is 68.5 cm³/mol. The van der Waals surface area contributed by atoms with E-state index >= 15 is 0 Å². The lowest BCUT2D eigenvalue weighted by atomic mass is 9.75. The molecule has 16 heavy (non-hydrogen) atoms. The van der Waals surface area contributed by atoms with E-state index in [4.69, 9.17) is 0 Å². The molecule has 0 amide bonds. The summed E-state index contributed by atoms with van der Waals surface area (Å²) < 4.78 is 0. The van der Waals surface area contributed by atoms with Gasteiger partial charge >= 0.3 is 0 Å². The van der Waals surface area contributed by atoms with E-state index in [1.807, 2.05) is 13.8 Å². The number of rotatable bonds is 4. The van der Waals surface area contributed by atoms with Gasteiger partial charge in [-0.3, -0.25) is 0 Å². The molecule has 1 aliphatic rings. The maximum absolute atomic E-state index is 10.9. The fraction of sp³-hybridized carbons (Fsp3) is 0.929. The van der Waals surface area contributed by atoms with Crippen LogP contribution < -0.4 is 0 Å². The van der Waals surface area contributed by atoms with E-state index in [0.29, 0.717) is 11.5 Å². The van der Waals surface area contributed by atoms with Gasteiger partial charge in [-0.2, -0.15) is 0 Å². The normalized spacial score (nSPS) is 22.4. The molecule has 0 atom stereocenters. The van der Waals surface area contributed by atoms with E-state index in [9.17, 15) is 4.79 Å². The Bertz CT molecular complexity index is 235. The molecule has 94 valence electrons. The molecule has 0 N–H and O–H groups in total. The molecule has 1 rings (SSSR count). The Morgan fingerprint density at radius 2 is 1.81 bits per heavy atom. The third-order valence-electron chi connectivity index (χ3n) is 3.91. The molecule has 2 nitrogen and oxygen atoms in total. The van der Waals surface area contributed by atoms with Gasteiger partial charge in [0.1, 0.15) is 6.29 Å². The monoisotopic (exact) mass is 225 g/mol. The third kappa shape index (κ3) is 3.89. The second-order valence-electron chi connectivity index (χ2n) is 6.92. The quantitative estimate of drug-likeness (QED) is 0.685. The van der Waals surface area contributed by atoms with Crippen LogP contribution >= 0.6 is 0 Å². The topological polar surface area (TPSA) is 20.3 Å². The van der Waals surface area contributed by atoms with Gasteiger partial charge in [-0.25, -0.2) is 0 Å². The van der Waals surface area contributed by atoms with E-state index in [1.165, 1.54) is 25.7 Å². The highest BCUT2D eigenvalue weighted by Gasteiger charge is 2.30. The Hall–Kier alpha value is -0.370. The Balaban J connectivity index is 2.45. The van der Waals surface area contributed by atoms with Gasteiger partial charge in [-0.1, -0.05) is 27.7 Å². The summed E-state index contributed by atoms with van der Waals surface area (Å²) in [5.41, 5.74) is 0.319. The number of hydrogen-bond acceptors (Lipinski definition) is 2. The molecule has 0 unspecified atom stereocenters. The van der Waals surface area contributed by atoms with Crippen LogP contribution in [0.25, 0.3) is 0 Å². The van der Waals surface area contributed by atoms with Gasteiger partial charge in [-0.15, -0.1) is 0 Å². The summed E-state index contributed by atoms with van der Waals surface area (Å²) in [5.74, 6) is 0. The van der Waals surface area contributed by atoms with E-state index in [2.05, 4.69) is 25.8 Å². The van der Waals surface area contributed by atoms with Gasteiger partial charge in [0, 0.05) is 18.0 Å². The van der Waals surface area contributed by atoms with E-state index in [0.717, 1.165) is 12.8 Å². The van der Waals surface area contributed by atoms with Crippen molar-refractivity contribution in [3.8, 4) is 0 Å². The lowest BCUT2D eigenvalue weighted by molar-refractivity contribution is -0.115. The highest BCUT2D eigenvalue weighted by atomic mass is 16.1. The summed E-state index contributed by atoms with van der Waals surface area (Å²) in [7, 11) is 2.16. The predicted octanol–water partition coefficient (Wildman–Crippen LogP) is 3.11. The SMILES string of the molecule is CN(CC(C)(C)C=O)C1CCC(C)(C)CC1. The van der Waals surface area contributed by atoms with Gasteiger partial charge in [0.15, 0.2) is 0 Å². The first-order valence-electron chi connectivity index (χ1n) is 6.42. The van der Waals surface area contributed by atoms with Crippen LogP contribution in [0.5, 0.6) is 0 Å². The standard InChI is InChI=1S/C14H27NO/c1-13(2)8-6-12(7-9-13)15(5)10-14(3,4)11-16/h11-12H,6-10H2,1-5H3. The molecular formula is C14H27NO. The molecule has 1 aliphatic carbocycles. The molecule has 0 aromatic carbocycles. The van der Waals surface area contributed by atoms with Gasteiger partial charge in [0.2, 0.25) is 0 Å². The zero-order chi connectivity index (χ0) is 12.4. The maximum atomic E-state index is 10.9. The van der Waals surface area contributed by atoms with Crippen LogP contribution in [0.1, 0.15) is 53.4 Å². The average molecular weight is 225 g/mol. The maximum Gasteiger partial charge on any atom is 0.126 e. The second kappa shape index (κ2) is 4.87. The largest absolute Gasteiger partial charge is 0.303 e. The number of aldehydes is 1. The van der Waals surface area contributed by atoms with Gasteiger partial charge < -0.3 is 9.69 Å². The number of carbonyl (C=O) groups excluding carboxylic acids is 1.